The van der Waals surface area contributed by atoms with E-state index in [1.54, 1.807) is 24.3 Å². The van der Waals surface area contributed by atoms with Crippen LogP contribution in [0.3, 0.4) is 0 Å². The summed E-state index contributed by atoms with van der Waals surface area (Å²) in [6.07, 6.45) is 0.852. The largest absolute Gasteiger partial charge is 0.462 e. The van der Waals surface area contributed by atoms with Gasteiger partial charge in [0.15, 0.2) is 0 Å². The highest BCUT2D eigenvalue weighted by molar-refractivity contribution is 9.12. The molecule has 1 N–H and O–H groups in total. The zero-order valence-electron chi connectivity index (χ0n) is 17.2. The van der Waals surface area contributed by atoms with Crippen LogP contribution in [0.5, 0.6) is 0 Å². The van der Waals surface area contributed by atoms with E-state index in [9.17, 15) is 19.2 Å². The number of imide groups is 1. The third-order valence-corrected chi connectivity index (χ3v) is 9.54. The maximum atomic E-state index is 12.9. The molecular weight excluding hydrogens is 532 g/mol. The quantitative estimate of drug-likeness (QED) is 0.330. The van der Waals surface area contributed by atoms with Gasteiger partial charge in [-0.3, -0.25) is 19.3 Å². The maximum absolute atomic E-state index is 12.9. The molecule has 1 aromatic carbocycles. The molecule has 1 heterocycles. The zero-order chi connectivity index (χ0) is 22.4. The summed E-state index contributed by atoms with van der Waals surface area (Å²) in [5.41, 5.74) is 0.867. The second-order valence-corrected chi connectivity index (χ2v) is 11.0. The Labute approximate surface area is 197 Å². The molecule has 6 atom stereocenters. The highest BCUT2D eigenvalue weighted by Crippen LogP contribution is 2.60. The molecule has 4 rings (SSSR count). The van der Waals surface area contributed by atoms with Crippen molar-refractivity contribution < 1.29 is 23.9 Å². The number of esters is 1. The van der Waals surface area contributed by atoms with E-state index < -0.39 is 11.9 Å². The third-order valence-electron chi connectivity index (χ3n) is 6.33. The first-order valence-electron chi connectivity index (χ1n) is 10.4. The average Bonchev–Trinajstić information content (AvgIpc) is 3.33. The number of benzene rings is 1. The van der Waals surface area contributed by atoms with Gasteiger partial charge >= 0.3 is 5.97 Å². The first-order chi connectivity index (χ1) is 14.7. The van der Waals surface area contributed by atoms with Gasteiger partial charge in [0.2, 0.25) is 17.7 Å². The van der Waals surface area contributed by atoms with E-state index in [4.69, 9.17) is 4.74 Å². The summed E-state index contributed by atoms with van der Waals surface area (Å²) in [5.74, 6) is -1.55. The van der Waals surface area contributed by atoms with Crippen LogP contribution in [0.4, 0.5) is 5.69 Å². The van der Waals surface area contributed by atoms with Crippen molar-refractivity contribution in [2.24, 2.45) is 29.6 Å². The summed E-state index contributed by atoms with van der Waals surface area (Å²) >= 11 is 7.30. The zero-order valence-corrected chi connectivity index (χ0v) is 20.4. The molecule has 2 saturated carbocycles. The number of nitrogens with one attached hydrogen (secondary N) is 1. The molecule has 2 bridgehead atoms. The van der Waals surface area contributed by atoms with E-state index in [0.717, 1.165) is 11.3 Å². The van der Waals surface area contributed by atoms with Gasteiger partial charge in [-0.25, -0.2) is 4.79 Å². The lowest BCUT2D eigenvalue weighted by Crippen LogP contribution is -2.39. The number of nitrogens with zero attached hydrogens (tertiary/aromatic N) is 1. The number of alkyl halides is 2. The molecule has 3 aliphatic rings. The topological polar surface area (TPSA) is 92.8 Å². The lowest BCUT2D eigenvalue weighted by molar-refractivity contribution is -0.143. The van der Waals surface area contributed by atoms with E-state index in [1.165, 1.54) is 0 Å². The van der Waals surface area contributed by atoms with Gasteiger partial charge in [0.05, 0.1) is 24.0 Å². The Balaban J connectivity index is 1.36. The van der Waals surface area contributed by atoms with E-state index >= 15 is 0 Å². The fourth-order valence-electron chi connectivity index (χ4n) is 4.93. The van der Waals surface area contributed by atoms with Crippen LogP contribution >= 0.6 is 31.9 Å². The van der Waals surface area contributed by atoms with Gasteiger partial charge in [-0.05, 0) is 48.4 Å². The highest BCUT2D eigenvalue weighted by atomic mass is 79.9. The monoisotopic (exact) mass is 554 g/mol. The van der Waals surface area contributed by atoms with E-state index in [2.05, 4.69) is 37.2 Å². The average molecular weight is 556 g/mol. The molecule has 9 heteroatoms. The molecule has 0 unspecified atom stereocenters. The molecule has 0 aromatic heterocycles. The van der Waals surface area contributed by atoms with E-state index in [0.29, 0.717) is 17.9 Å². The van der Waals surface area contributed by atoms with Crippen LogP contribution in [0.15, 0.2) is 24.3 Å². The summed E-state index contributed by atoms with van der Waals surface area (Å²) in [6.45, 7) is 3.94. The Morgan fingerprint density at radius 1 is 1.06 bits per heavy atom. The number of carbonyl (C=O) groups is 4. The number of ether oxygens (including phenoxy) is 1. The molecule has 3 fully saturated rings. The Hall–Kier alpha value is -1.74. The molecule has 3 amide bonds. The number of likely N-dealkylation sites (tertiary alicyclic amines) is 1. The van der Waals surface area contributed by atoms with Gasteiger partial charge in [-0.15, -0.1) is 0 Å². The number of hydrogen-bond donors (Lipinski definition) is 1. The predicted octanol–water partition coefficient (Wildman–Crippen LogP) is 3.22. The number of rotatable bonds is 6. The van der Waals surface area contributed by atoms with Crippen molar-refractivity contribution in [1.82, 2.24) is 4.90 Å². The van der Waals surface area contributed by atoms with E-state index in [1.807, 2.05) is 13.8 Å². The Morgan fingerprint density at radius 2 is 1.61 bits per heavy atom. The van der Waals surface area contributed by atoms with Gasteiger partial charge in [0.1, 0.15) is 6.54 Å². The first kappa shape index (κ1) is 22.5. The van der Waals surface area contributed by atoms with Crippen molar-refractivity contribution in [3.8, 4) is 0 Å². The minimum atomic E-state index is -0.449. The second kappa shape index (κ2) is 8.65. The highest BCUT2D eigenvalue weighted by Gasteiger charge is 2.66. The molecule has 7 nitrogen and oxygen atoms in total. The summed E-state index contributed by atoms with van der Waals surface area (Å²) in [5, 5.41) is 2.69. The molecule has 1 aliphatic heterocycles. The van der Waals surface area contributed by atoms with Crippen molar-refractivity contribution in [3.05, 3.63) is 29.8 Å². The lowest BCUT2D eigenvalue weighted by Gasteiger charge is -2.28. The van der Waals surface area contributed by atoms with Crippen LogP contribution in [0.2, 0.25) is 0 Å². The van der Waals surface area contributed by atoms with Crippen molar-refractivity contribution in [2.75, 3.05) is 18.5 Å². The minimum Gasteiger partial charge on any atom is -0.462 e. The van der Waals surface area contributed by atoms with Crippen molar-refractivity contribution in [2.45, 2.75) is 29.9 Å². The number of anilines is 1. The smallest absolute Gasteiger partial charge is 0.338 e. The van der Waals surface area contributed by atoms with Gasteiger partial charge in [-0.1, -0.05) is 45.7 Å². The van der Waals surface area contributed by atoms with Crippen LogP contribution in [0, 0.1) is 29.6 Å². The Bertz CT molecular complexity index is 887. The normalized spacial score (nSPS) is 31.3. The predicted molar refractivity (Wildman–Crippen MR) is 121 cm³/mol. The minimum absolute atomic E-state index is 0.117. The van der Waals surface area contributed by atoms with Crippen molar-refractivity contribution >= 4 is 61.2 Å². The number of halogens is 2. The summed E-state index contributed by atoms with van der Waals surface area (Å²) in [6, 6.07) is 6.33. The van der Waals surface area contributed by atoms with Crippen LogP contribution in [-0.2, 0) is 19.1 Å². The van der Waals surface area contributed by atoms with Gasteiger partial charge in [-0.2, -0.15) is 0 Å². The van der Waals surface area contributed by atoms with Gasteiger partial charge in [0, 0.05) is 15.3 Å². The molecule has 0 spiro atoms. The number of fused-ring (bicyclic) bond motifs is 5. The second-order valence-electron chi connectivity index (χ2n) is 8.88. The van der Waals surface area contributed by atoms with Crippen LogP contribution < -0.4 is 5.32 Å². The molecule has 0 radical (unpaired) electrons. The Kier molecular flexibility index (Phi) is 6.27. The molecule has 1 aromatic rings. The van der Waals surface area contributed by atoms with Crippen LogP contribution in [0.1, 0.15) is 30.6 Å². The van der Waals surface area contributed by atoms with Gasteiger partial charge < -0.3 is 10.1 Å². The molecular formula is C22H24Br2N2O5. The van der Waals surface area contributed by atoms with Crippen LogP contribution in [0.25, 0.3) is 0 Å². The lowest BCUT2D eigenvalue weighted by atomic mass is 9.81. The van der Waals surface area contributed by atoms with Crippen LogP contribution in [-0.4, -0.2) is 51.4 Å². The summed E-state index contributed by atoms with van der Waals surface area (Å²) < 4.78 is 5.18. The fraction of sp³-hybridized carbons (Fsp3) is 0.545. The standard InChI is InChI=1S/C22H24Br2N2O5/c1-10(2)9-31-22(30)11-3-5-12(6-4-11)25-15(27)8-26-20(28)16-13-7-14(17(16)21(26)29)19(24)18(13)23/h3-6,10,13-14,16-19H,7-9H2,1-2H3,(H,25,27)/t13-,14-,16-,17-,18+,19+/m1/s1. The maximum Gasteiger partial charge on any atom is 0.338 e. The van der Waals surface area contributed by atoms with Crippen molar-refractivity contribution in [1.29, 1.82) is 0 Å². The van der Waals surface area contributed by atoms with Crippen molar-refractivity contribution in [3.63, 3.8) is 0 Å². The molecule has 31 heavy (non-hydrogen) atoms. The SMILES string of the molecule is CC(C)COC(=O)c1ccc(NC(=O)CN2C(=O)[C@@H]3[C@H]4C[C@@H]([C@H](Br)[C@H]4Br)[C@H]3C2=O)cc1. The summed E-state index contributed by atoms with van der Waals surface area (Å²) in [4.78, 5) is 51.7. The Morgan fingerprint density at radius 3 is 2.13 bits per heavy atom. The number of hydrogen-bond acceptors (Lipinski definition) is 5. The first-order valence-corrected chi connectivity index (χ1v) is 12.2. The fourth-order valence-corrected chi connectivity index (χ4v) is 6.80. The van der Waals surface area contributed by atoms with Gasteiger partial charge in [0.25, 0.3) is 0 Å². The summed E-state index contributed by atoms with van der Waals surface area (Å²) in [7, 11) is 0. The molecule has 1 saturated heterocycles. The molecule has 2 aliphatic carbocycles. The van der Waals surface area contributed by atoms with E-state index in [-0.39, 0.29) is 57.6 Å². The number of amides is 3. The molecule has 166 valence electrons. The third kappa shape index (κ3) is 4.06. The number of carbonyl (C=O) groups excluding carboxylic acids is 4.